The Morgan fingerprint density at radius 1 is 1.30 bits per heavy atom. The Hall–Kier alpha value is -0.513. The number of aliphatic hydroxyl groups is 1. The van der Waals surface area contributed by atoms with E-state index in [0.29, 0.717) is 0 Å². The lowest BCUT2D eigenvalue weighted by molar-refractivity contribution is -0.221. The summed E-state index contributed by atoms with van der Waals surface area (Å²) in [7, 11) is -2.15. The molecule has 0 unspecified atom stereocenters. The second-order valence-corrected chi connectivity index (χ2v) is 14.1. The van der Waals surface area contributed by atoms with E-state index in [1.165, 1.54) is 0 Å². The lowest BCUT2D eigenvalue weighted by atomic mass is 9.94. The summed E-state index contributed by atoms with van der Waals surface area (Å²) < 4.78 is 29.1. The van der Waals surface area contributed by atoms with Gasteiger partial charge in [-0.05, 0) is 38.9 Å². The molecule has 7 nitrogen and oxygen atoms in total. The summed E-state index contributed by atoms with van der Waals surface area (Å²) in [4.78, 5) is 12.4. The topological polar surface area (TPSA) is 83.5 Å². The molecule has 2 fully saturated rings. The van der Waals surface area contributed by atoms with Gasteiger partial charge in [0.2, 0.25) is 0 Å². The van der Waals surface area contributed by atoms with Crippen LogP contribution in [-0.2, 0) is 28.2 Å². The summed E-state index contributed by atoms with van der Waals surface area (Å²) in [5, 5.41) is 11.0. The van der Waals surface area contributed by atoms with Crippen LogP contribution in [0.3, 0.4) is 0 Å². The van der Waals surface area contributed by atoms with Crippen LogP contribution in [0.15, 0.2) is 0 Å². The highest BCUT2D eigenvalue weighted by Gasteiger charge is 2.51. The van der Waals surface area contributed by atoms with E-state index in [9.17, 15) is 9.90 Å². The van der Waals surface area contributed by atoms with Crippen molar-refractivity contribution in [3.05, 3.63) is 0 Å². The quantitative estimate of drug-likeness (QED) is 0.557. The highest BCUT2D eigenvalue weighted by atomic mass is 28.4. The maximum absolute atomic E-state index is 12.4. The zero-order valence-electron chi connectivity index (χ0n) is 17.9. The van der Waals surface area contributed by atoms with Crippen LogP contribution in [0.5, 0.6) is 0 Å². The molecule has 0 amide bonds. The Balaban J connectivity index is 2.23. The Labute approximate surface area is 163 Å². The number of carbonyl (C=O) groups is 1. The molecule has 8 heteroatoms. The van der Waals surface area contributed by atoms with E-state index >= 15 is 0 Å². The van der Waals surface area contributed by atoms with E-state index in [-0.39, 0.29) is 24.7 Å². The molecule has 158 valence electrons. The molecule has 0 aromatic rings. The Bertz CT molecular complexity index is 529. The SMILES string of the molecule is CCOC(=O)[C@H]1C[C@@H](O[Si](C)(C)C(C)(C)C)[C@@H](O)[C@@H]([C@H]2COC(C)(C)O2)O1. The van der Waals surface area contributed by atoms with Crippen molar-refractivity contribution in [2.24, 2.45) is 0 Å². The molecule has 2 aliphatic rings. The summed E-state index contributed by atoms with van der Waals surface area (Å²) in [6, 6.07) is 0. The lowest BCUT2D eigenvalue weighted by Gasteiger charge is -2.45. The normalized spacial score (nSPS) is 34.5. The molecule has 0 radical (unpaired) electrons. The standard InChI is InChI=1S/C19H36O7Si/c1-9-22-17(21)13-10-12(26-27(7,8)18(2,3)4)15(20)16(24-13)14-11-23-19(5,6)25-14/h12-16,20H,9-11H2,1-8H3/t12-,13-,14-,15-,16-/m1/s1. The highest BCUT2D eigenvalue weighted by molar-refractivity contribution is 6.74. The van der Waals surface area contributed by atoms with Gasteiger partial charge in [0.1, 0.15) is 18.3 Å². The summed E-state index contributed by atoms with van der Waals surface area (Å²) in [5.74, 6) is -1.18. The van der Waals surface area contributed by atoms with Crippen LogP contribution in [0.1, 0.15) is 48.0 Å². The molecule has 2 saturated heterocycles. The molecular formula is C19H36O7Si. The summed E-state index contributed by atoms with van der Waals surface area (Å²) in [5.41, 5.74) is 0. The number of esters is 1. The highest BCUT2D eigenvalue weighted by Crippen LogP contribution is 2.40. The fraction of sp³-hybridized carbons (Fsp3) is 0.947. The molecular weight excluding hydrogens is 368 g/mol. The fourth-order valence-corrected chi connectivity index (χ4v) is 4.48. The van der Waals surface area contributed by atoms with Gasteiger partial charge in [0.25, 0.3) is 0 Å². The summed E-state index contributed by atoms with van der Waals surface area (Å²) in [6.07, 6.45) is -3.15. The first-order valence-corrected chi connectivity index (χ1v) is 12.7. The molecule has 5 atom stereocenters. The van der Waals surface area contributed by atoms with Gasteiger partial charge in [-0.3, -0.25) is 0 Å². The first kappa shape index (κ1) is 22.8. The van der Waals surface area contributed by atoms with E-state index in [2.05, 4.69) is 33.9 Å². The van der Waals surface area contributed by atoms with Crippen LogP contribution in [0.25, 0.3) is 0 Å². The van der Waals surface area contributed by atoms with Crippen molar-refractivity contribution in [1.29, 1.82) is 0 Å². The van der Waals surface area contributed by atoms with Crippen LogP contribution in [0.2, 0.25) is 18.1 Å². The first-order chi connectivity index (χ1) is 12.3. The van der Waals surface area contributed by atoms with Gasteiger partial charge in [0.15, 0.2) is 20.2 Å². The zero-order valence-corrected chi connectivity index (χ0v) is 18.9. The minimum Gasteiger partial charge on any atom is -0.464 e. The predicted molar refractivity (Wildman–Crippen MR) is 103 cm³/mol. The first-order valence-electron chi connectivity index (χ1n) is 9.77. The molecule has 0 bridgehead atoms. The largest absolute Gasteiger partial charge is 0.464 e. The van der Waals surface area contributed by atoms with Gasteiger partial charge < -0.3 is 28.5 Å². The maximum atomic E-state index is 12.4. The molecule has 27 heavy (non-hydrogen) atoms. The number of aliphatic hydroxyl groups excluding tert-OH is 1. The average molecular weight is 405 g/mol. The van der Waals surface area contributed by atoms with Gasteiger partial charge in [0.05, 0.1) is 19.3 Å². The zero-order chi connectivity index (χ0) is 20.6. The minimum absolute atomic E-state index is 0.0189. The third-order valence-corrected chi connectivity index (χ3v) is 10.2. The van der Waals surface area contributed by atoms with E-state index < -0.39 is 50.6 Å². The van der Waals surface area contributed by atoms with Crippen molar-refractivity contribution in [2.45, 2.75) is 102 Å². The van der Waals surface area contributed by atoms with Crippen molar-refractivity contribution < 1.29 is 33.3 Å². The summed E-state index contributed by atoms with van der Waals surface area (Å²) >= 11 is 0. The number of hydrogen-bond donors (Lipinski definition) is 1. The monoisotopic (exact) mass is 404 g/mol. The second kappa shape index (κ2) is 8.08. The van der Waals surface area contributed by atoms with Gasteiger partial charge in [-0.25, -0.2) is 4.79 Å². The molecule has 0 spiro atoms. The Morgan fingerprint density at radius 2 is 1.93 bits per heavy atom. The molecule has 0 aliphatic carbocycles. The van der Waals surface area contributed by atoms with Crippen molar-refractivity contribution in [1.82, 2.24) is 0 Å². The van der Waals surface area contributed by atoms with Gasteiger partial charge in [-0.1, -0.05) is 20.8 Å². The molecule has 2 rings (SSSR count). The van der Waals surface area contributed by atoms with Gasteiger partial charge >= 0.3 is 5.97 Å². The molecule has 0 saturated carbocycles. The van der Waals surface area contributed by atoms with Crippen molar-refractivity contribution >= 4 is 14.3 Å². The summed E-state index contributed by atoms with van der Waals surface area (Å²) in [6.45, 7) is 16.6. The number of carbonyl (C=O) groups excluding carboxylic acids is 1. The number of ether oxygens (including phenoxy) is 4. The van der Waals surface area contributed by atoms with Crippen molar-refractivity contribution in [2.75, 3.05) is 13.2 Å². The lowest BCUT2D eigenvalue weighted by Crippen LogP contribution is -2.59. The van der Waals surface area contributed by atoms with Gasteiger partial charge in [-0.2, -0.15) is 0 Å². The smallest absolute Gasteiger partial charge is 0.335 e. The number of rotatable bonds is 5. The molecule has 2 aliphatic heterocycles. The van der Waals surface area contributed by atoms with Crippen LogP contribution in [0, 0.1) is 0 Å². The number of hydrogen-bond acceptors (Lipinski definition) is 7. The van der Waals surface area contributed by atoms with Crippen LogP contribution in [-0.4, -0.2) is 68.9 Å². The predicted octanol–water partition coefficient (Wildman–Crippen LogP) is 2.61. The molecule has 2 heterocycles. The minimum atomic E-state index is -2.15. The van der Waals surface area contributed by atoms with Gasteiger partial charge in [0, 0.05) is 6.42 Å². The van der Waals surface area contributed by atoms with Crippen molar-refractivity contribution in [3.8, 4) is 0 Å². The molecule has 0 aromatic carbocycles. The van der Waals surface area contributed by atoms with Crippen molar-refractivity contribution in [3.63, 3.8) is 0 Å². The van der Waals surface area contributed by atoms with Gasteiger partial charge in [-0.15, -0.1) is 0 Å². The van der Waals surface area contributed by atoms with E-state index in [1.807, 2.05) is 13.8 Å². The van der Waals surface area contributed by atoms with E-state index in [1.54, 1.807) is 6.92 Å². The third-order valence-electron chi connectivity index (χ3n) is 5.68. The molecule has 1 N–H and O–H groups in total. The Morgan fingerprint density at radius 3 is 2.41 bits per heavy atom. The fourth-order valence-electron chi connectivity index (χ4n) is 3.13. The maximum Gasteiger partial charge on any atom is 0.335 e. The van der Waals surface area contributed by atoms with Crippen LogP contribution in [0.4, 0.5) is 0 Å². The van der Waals surface area contributed by atoms with Crippen LogP contribution >= 0.6 is 0 Å². The van der Waals surface area contributed by atoms with Crippen LogP contribution < -0.4 is 0 Å². The average Bonchev–Trinajstić information content (AvgIpc) is 2.88. The third kappa shape index (κ3) is 5.30. The molecule has 0 aromatic heterocycles. The second-order valence-electron chi connectivity index (χ2n) is 9.35. The van der Waals surface area contributed by atoms with E-state index in [0.717, 1.165) is 0 Å². The Kier molecular flexibility index (Phi) is 6.82. The van der Waals surface area contributed by atoms with E-state index in [4.69, 9.17) is 23.4 Å².